The van der Waals surface area contributed by atoms with E-state index in [1.807, 2.05) is 0 Å². The fraction of sp³-hybridized carbons (Fsp3) is 0.167. The van der Waals surface area contributed by atoms with E-state index in [1.54, 1.807) is 14.0 Å². The molecule has 1 aromatic heterocycles. The van der Waals surface area contributed by atoms with Crippen molar-refractivity contribution in [2.45, 2.75) is 11.8 Å². The molecule has 0 saturated carbocycles. The van der Waals surface area contributed by atoms with Gasteiger partial charge in [-0.2, -0.15) is 4.31 Å². The van der Waals surface area contributed by atoms with Crippen LogP contribution >= 0.6 is 0 Å². The first-order valence-electron chi connectivity index (χ1n) is 10.4. The predicted molar refractivity (Wildman–Crippen MR) is 126 cm³/mol. The van der Waals surface area contributed by atoms with Gasteiger partial charge in [-0.25, -0.2) is 17.6 Å². The summed E-state index contributed by atoms with van der Waals surface area (Å²) in [6.07, 6.45) is 0. The third-order valence-electron chi connectivity index (χ3n) is 5.45. The van der Waals surface area contributed by atoms with Crippen molar-refractivity contribution in [3.63, 3.8) is 0 Å². The standard InChI is InChI=1S/C24H22FN3O5S/c1-4-33-17-11-9-16(10-12-17)28(23(29)19-7-5-6-8-20(19)25)34(31,32)18-13-14-21-22(15-18)27(3)24(30)26(21)2/h5-15H,4H2,1-3H3. The van der Waals surface area contributed by atoms with E-state index >= 15 is 0 Å². The Balaban J connectivity index is 1.91. The summed E-state index contributed by atoms with van der Waals surface area (Å²) >= 11 is 0. The van der Waals surface area contributed by atoms with Gasteiger partial charge in [-0.1, -0.05) is 12.1 Å². The lowest BCUT2D eigenvalue weighted by atomic mass is 10.2. The first kappa shape index (κ1) is 23.2. The van der Waals surface area contributed by atoms with E-state index in [9.17, 15) is 22.4 Å². The number of hydrogen-bond acceptors (Lipinski definition) is 5. The van der Waals surface area contributed by atoms with Gasteiger partial charge < -0.3 is 4.74 Å². The Hall–Kier alpha value is -3.92. The van der Waals surface area contributed by atoms with Crippen molar-refractivity contribution in [3.05, 3.63) is 88.6 Å². The molecule has 0 saturated heterocycles. The molecule has 34 heavy (non-hydrogen) atoms. The van der Waals surface area contributed by atoms with Gasteiger partial charge in [0, 0.05) is 14.1 Å². The van der Waals surface area contributed by atoms with E-state index in [0.29, 0.717) is 27.7 Å². The minimum Gasteiger partial charge on any atom is -0.494 e. The van der Waals surface area contributed by atoms with Gasteiger partial charge in [0.15, 0.2) is 0 Å². The highest BCUT2D eigenvalue weighted by molar-refractivity contribution is 7.93. The zero-order chi connectivity index (χ0) is 24.6. The summed E-state index contributed by atoms with van der Waals surface area (Å²) in [4.78, 5) is 25.5. The molecule has 0 unspecified atom stereocenters. The van der Waals surface area contributed by atoms with Crippen LogP contribution in [0, 0.1) is 5.82 Å². The third kappa shape index (κ3) is 3.86. The maximum absolute atomic E-state index is 14.5. The average molecular weight is 484 g/mol. The van der Waals surface area contributed by atoms with Gasteiger partial charge >= 0.3 is 5.69 Å². The number of halogens is 1. The minimum absolute atomic E-state index is 0.0127. The first-order chi connectivity index (χ1) is 16.2. The van der Waals surface area contributed by atoms with Crippen LogP contribution in [0.3, 0.4) is 0 Å². The Morgan fingerprint density at radius 1 is 0.971 bits per heavy atom. The fourth-order valence-electron chi connectivity index (χ4n) is 3.71. The van der Waals surface area contributed by atoms with Crippen molar-refractivity contribution in [1.82, 2.24) is 9.13 Å². The lowest BCUT2D eigenvalue weighted by molar-refractivity contribution is 0.100. The second kappa shape index (κ2) is 8.79. The molecule has 4 rings (SSSR count). The van der Waals surface area contributed by atoms with E-state index < -0.39 is 27.3 Å². The van der Waals surface area contributed by atoms with Crippen LogP contribution in [-0.2, 0) is 24.1 Å². The molecule has 0 bridgehead atoms. The largest absolute Gasteiger partial charge is 0.494 e. The first-order valence-corrected chi connectivity index (χ1v) is 11.8. The molecule has 3 aromatic carbocycles. The maximum Gasteiger partial charge on any atom is 0.328 e. The number of hydrogen-bond donors (Lipinski definition) is 0. The number of rotatable bonds is 6. The molecule has 0 aliphatic carbocycles. The number of anilines is 1. The van der Waals surface area contributed by atoms with E-state index in [0.717, 1.165) is 6.07 Å². The average Bonchev–Trinajstić information content (AvgIpc) is 3.04. The van der Waals surface area contributed by atoms with Gasteiger partial charge in [0.2, 0.25) is 0 Å². The second-order valence-corrected chi connectivity index (χ2v) is 9.32. The van der Waals surface area contributed by atoms with Crippen LogP contribution in [0.5, 0.6) is 5.75 Å². The Morgan fingerprint density at radius 3 is 2.26 bits per heavy atom. The summed E-state index contributed by atoms with van der Waals surface area (Å²) in [5.41, 5.74) is 0.195. The molecule has 0 N–H and O–H groups in total. The number of imidazole rings is 1. The number of amides is 1. The molecular weight excluding hydrogens is 461 g/mol. The lowest BCUT2D eigenvalue weighted by Gasteiger charge is -2.23. The van der Waals surface area contributed by atoms with Crippen molar-refractivity contribution in [3.8, 4) is 5.75 Å². The van der Waals surface area contributed by atoms with Crippen LogP contribution in [0.15, 0.2) is 76.4 Å². The molecular formula is C24H22FN3O5S. The zero-order valence-electron chi connectivity index (χ0n) is 18.7. The molecule has 0 aliphatic heterocycles. The van der Waals surface area contributed by atoms with Crippen molar-refractivity contribution in [2.24, 2.45) is 14.1 Å². The Bertz CT molecular complexity index is 1560. The normalized spacial score (nSPS) is 11.5. The molecule has 176 valence electrons. The van der Waals surface area contributed by atoms with Gasteiger partial charge in [0.05, 0.1) is 33.8 Å². The summed E-state index contributed by atoms with van der Waals surface area (Å²) in [6.45, 7) is 2.21. The number of nitrogens with zero attached hydrogens (tertiary/aromatic N) is 3. The number of ether oxygens (including phenoxy) is 1. The van der Waals surface area contributed by atoms with E-state index in [-0.39, 0.29) is 16.3 Å². The molecule has 1 heterocycles. The van der Waals surface area contributed by atoms with Crippen molar-refractivity contribution >= 4 is 32.7 Å². The number of sulfonamides is 1. The maximum atomic E-state index is 14.5. The highest BCUT2D eigenvalue weighted by Crippen LogP contribution is 2.29. The SMILES string of the molecule is CCOc1ccc(N(C(=O)c2ccccc2F)S(=O)(=O)c2ccc3c(c2)n(C)c(=O)n3C)cc1. The highest BCUT2D eigenvalue weighted by Gasteiger charge is 2.33. The van der Waals surface area contributed by atoms with Crippen LogP contribution in [0.1, 0.15) is 17.3 Å². The molecule has 0 aliphatic rings. The second-order valence-electron chi connectivity index (χ2n) is 7.53. The zero-order valence-corrected chi connectivity index (χ0v) is 19.5. The number of carbonyl (C=O) groups is 1. The summed E-state index contributed by atoms with van der Waals surface area (Å²) < 4.78 is 50.7. The Morgan fingerprint density at radius 2 is 1.62 bits per heavy atom. The quantitative estimate of drug-likeness (QED) is 0.419. The minimum atomic E-state index is -4.50. The van der Waals surface area contributed by atoms with Gasteiger partial charge in [-0.3, -0.25) is 13.9 Å². The van der Waals surface area contributed by atoms with Crippen molar-refractivity contribution in [2.75, 3.05) is 10.9 Å². The predicted octanol–water partition coefficient (Wildman–Crippen LogP) is 3.45. The van der Waals surface area contributed by atoms with Crippen LogP contribution in [-0.4, -0.2) is 30.1 Å². The van der Waals surface area contributed by atoms with E-state index in [4.69, 9.17) is 4.74 Å². The molecule has 0 radical (unpaired) electrons. The Labute approximate surface area is 195 Å². The molecule has 0 fully saturated rings. The van der Waals surface area contributed by atoms with Crippen molar-refractivity contribution in [1.29, 1.82) is 0 Å². The lowest BCUT2D eigenvalue weighted by Crippen LogP contribution is -2.37. The monoisotopic (exact) mass is 483 g/mol. The number of benzene rings is 3. The van der Waals surface area contributed by atoms with Gasteiger partial charge in [0.25, 0.3) is 15.9 Å². The summed E-state index contributed by atoms with van der Waals surface area (Å²) in [5.74, 6) is -1.41. The summed E-state index contributed by atoms with van der Waals surface area (Å²) in [6, 6.07) is 15.2. The van der Waals surface area contributed by atoms with Crippen LogP contribution in [0.4, 0.5) is 10.1 Å². The summed E-state index contributed by atoms with van der Waals surface area (Å²) in [7, 11) is -1.40. The smallest absolute Gasteiger partial charge is 0.328 e. The number of aryl methyl sites for hydroxylation is 2. The Kier molecular flexibility index (Phi) is 6.01. The van der Waals surface area contributed by atoms with Gasteiger partial charge in [0.1, 0.15) is 11.6 Å². The molecule has 0 spiro atoms. The van der Waals surface area contributed by atoms with Gasteiger partial charge in [-0.05, 0) is 61.5 Å². The van der Waals surface area contributed by atoms with Crippen LogP contribution in [0.25, 0.3) is 11.0 Å². The van der Waals surface area contributed by atoms with Crippen LogP contribution in [0.2, 0.25) is 0 Å². The third-order valence-corrected chi connectivity index (χ3v) is 7.16. The topological polar surface area (TPSA) is 90.6 Å². The molecule has 0 atom stereocenters. The number of fused-ring (bicyclic) bond motifs is 1. The molecule has 10 heteroatoms. The van der Waals surface area contributed by atoms with E-state index in [2.05, 4.69) is 0 Å². The number of aromatic nitrogens is 2. The highest BCUT2D eigenvalue weighted by atomic mass is 32.2. The molecule has 1 amide bonds. The van der Waals surface area contributed by atoms with Crippen molar-refractivity contribution < 1.29 is 22.3 Å². The molecule has 4 aromatic rings. The van der Waals surface area contributed by atoms with Crippen LogP contribution < -0.4 is 14.7 Å². The number of carbonyl (C=O) groups excluding carboxylic acids is 1. The fourth-order valence-corrected chi connectivity index (χ4v) is 5.13. The summed E-state index contributed by atoms with van der Waals surface area (Å²) in [5, 5.41) is 0. The van der Waals surface area contributed by atoms with Gasteiger partial charge in [-0.15, -0.1) is 0 Å². The van der Waals surface area contributed by atoms with E-state index in [1.165, 1.54) is 76.8 Å². The molecule has 8 nitrogen and oxygen atoms in total.